The van der Waals surface area contributed by atoms with Crippen LogP contribution in [0.5, 0.6) is 0 Å². The smallest absolute Gasteiger partial charge is 0.251 e. The van der Waals surface area contributed by atoms with E-state index in [1.807, 2.05) is 19.1 Å². The third kappa shape index (κ3) is 4.77. The molecule has 0 radical (unpaired) electrons. The van der Waals surface area contributed by atoms with Crippen LogP contribution < -0.4 is 5.32 Å². The number of carbonyl (C=O) groups is 1. The Kier molecular flexibility index (Phi) is 7.33. The summed E-state index contributed by atoms with van der Waals surface area (Å²) in [5, 5.41) is 2.99. The molecular formula is C22H31N3O4S. The minimum atomic E-state index is -3.62. The summed E-state index contributed by atoms with van der Waals surface area (Å²) in [6.45, 7) is 8.53. The number of hydrogen-bond acceptors (Lipinski definition) is 5. The van der Waals surface area contributed by atoms with Crippen molar-refractivity contribution in [3.8, 4) is 0 Å². The van der Waals surface area contributed by atoms with Gasteiger partial charge in [-0.3, -0.25) is 9.69 Å². The van der Waals surface area contributed by atoms with Crippen LogP contribution in [0, 0.1) is 6.92 Å². The number of nitrogens with zero attached hydrogens (tertiary/aromatic N) is 2. The van der Waals surface area contributed by atoms with E-state index in [4.69, 9.17) is 4.42 Å². The van der Waals surface area contributed by atoms with E-state index in [1.54, 1.807) is 32.2 Å². The lowest BCUT2D eigenvalue weighted by atomic mass is 10.1. The van der Waals surface area contributed by atoms with Gasteiger partial charge >= 0.3 is 0 Å². The molecule has 164 valence electrons. The molecule has 7 nitrogen and oxygen atoms in total. The highest BCUT2D eigenvalue weighted by molar-refractivity contribution is 7.89. The van der Waals surface area contributed by atoms with E-state index in [0.717, 1.165) is 37.3 Å². The van der Waals surface area contributed by atoms with Crippen LogP contribution in [0.25, 0.3) is 0 Å². The Morgan fingerprint density at radius 1 is 1.20 bits per heavy atom. The Labute approximate surface area is 179 Å². The van der Waals surface area contributed by atoms with Crippen molar-refractivity contribution in [1.29, 1.82) is 0 Å². The van der Waals surface area contributed by atoms with Crippen molar-refractivity contribution in [2.75, 3.05) is 32.7 Å². The van der Waals surface area contributed by atoms with Gasteiger partial charge in [0.2, 0.25) is 10.0 Å². The molecule has 1 fully saturated rings. The second-order valence-electron chi connectivity index (χ2n) is 7.55. The number of benzene rings is 1. The summed E-state index contributed by atoms with van der Waals surface area (Å²) in [6, 6.07) is 8.49. The van der Waals surface area contributed by atoms with E-state index in [1.165, 1.54) is 10.4 Å². The van der Waals surface area contributed by atoms with Gasteiger partial charge in [0, 0.05) is 25.2 Å². The molecule has 2 aromatic rings. The summed E-state index contributed by atoms with van der Waals surface area (Å²) in [5.41, 5.74) is 1.12. The number of furan rings is 1. The minimum Gasteiger partial charge on any atom is -0.468 e. The lowest BCUT2D eigenvalue weighted by Gasteiger charge is -2.26. The predicted octanol–water partition coefficient (Wildman–Crippen LogP) is 3.19. The number of nitrogens with one attached hydrogen (secondary N) is 1. The van der Waals surface area contributed by atoms with Gasteiger partial charge in [-0.2, -0.15) is 4.31 Å². The van der Waals surface area contributed by atoms with Gasteiger partial charge in [-0.15, -0.1) is 0 Å². The van der Waals surface area contributed by atoms with Crippen LogP contribution in [0.1, 0.15) is 54.4 Å². The first kappa shape index (κ1) is 22.5. The van der Waals surface area contributed by atoms with Crippen molar-refractivity contribution in [2.24, 2.45) is 0 Å². The molecule has 8 heteroatoms. The van der Waals surface area contributed by atoms with Crippen molar-refractivity contribution < 1.29 is 17.6 Å². The zero-order valence-corrected chi connectivity index (χ0v) is 18.7. The van der Waals surface area contributed by atoms with Crippen molar-refractivity contribution >= 4 is 15.9 Å². The molecular weight excluding hydrogens is 402 g/mol. The highest BCUT2D eigenvalue weighted by Gasteiger charge is 2.27. The van der Waals surface area contributed by atoms with Gasteiger partial charge in [0.15, 0.2) is 0 Å². The molecule has 30 heavy (non-hydrogen) atoms. The van der Waals surface area contributed by atoms with Gasteiger partial charge in [-0.05, 0) is 62.7 Å². The fourth-order valence-electron chi connectivity index (χ4n) is 3.95. The van der Waals surface area contributed by atoms with E-state index in [0.29, 0.717) is 25.2 Å². The van der Waals surface area contributed by atoms with Crippen molar-refractivity contribution in [2.45, 2.75) is 44.6 Å². The summed E-state index contributed by atoms with van der Waals surface area (Å²) in [5.74, 6) is 0.548. The lowest BCUT2D eigenvalue weighted by molar-refractivity contribution is 0.0933. The van der Waals surface area contributed by atoms with Crippen LogP contribution in [0.15, 0.2) is 45.9 Å². The van der Waals surface area contributed by atoms with E-state index < -0.39 is 10.0 Å². The van der Waals surface area contributed by atoms with Gasteiger partial charge < -0.3 is 9.73 Å². The van der Waals surface area contributed by atoms with Gasteiger partial charge in [-0.1, -0.05) is 19.9 Å². The van der Waals surface area contributed by atoms with Crippen LogP contribution in [0.3, 0.4) is 0 Å². The molecule has 3 rings (SSSR count). The van der Waals surface area contributed by atoms with Crippen molar-refractivity contribution in [3.63, 3.8) is 0 Å². The molecule has 1 amide bonds. The van der Waals surface area contributed by atoms with Gasteiger partial charge in [0.05, 0.1) is 17.2 Å². The summed E-state index contributed by atoms with van der Waals surface area (Å²) >= 11 is 0. The lowest BCUT2D eigenvalue weighted by Crippen LogP contribution is -2.37. The largest absolute Gasteiger partial charge is 0.468 e. The molecule has 1 N–H and O–H groups in total. The fourth-order valence-corrected chi connectivity index (χ4v) is 5.43. The molecule has 0 bridgehead atoms. The maximum absolute atomic E-state index is 13.0. The number of sulfonamides is 1. The van der Waals surface area contributed by atoms with E-state index in [-0.39, 0.29) is 16.8 Å². The van der Waals surface area contributed by atoms with E-state index in [9.17, 15) is 13.2 Å². The average molecular weight is 434 g/mol. The van der Waals surface area contributed by atoms with Crippen LogP contribution in [-0.2, 0) is 10.0 Å². The number of rotatable bonds is 9. The Hall–Kier alpha value is -2.16. The normalized spacial score (nSPS) is 16.1. The standard InChI is InChI=1S/C22H31N3O4S/c1-4-25(5-2)30(27,28)18-11-10-17(3)19(15-18)22(26)23-16-20(21-9-8-14-29-21)24-12-6-7-13-24/h8-11,14-15,20H,4-7,12-13,16H2,1-3H3,(H,23,26). The summed E-state index contributed by atoms with van der Waals surface area (Å²) in [7, 11) is -3.62. The highest BCUT2D eigenvalue weighted by atomic mass is 32.2. The molecule has 1 aliphatic rings. The molecule has 1 aliphatic heterocycles. The topological polar surface area (TPSA) is 82.9 Å². The summed E-state index contributed by atoms with van der Waals surface area (Å²) in [6.07, 6.45) is 3.91. The second-order valence-corrected chi connectivity index (χ2v) is 9.49. The maximum Gasteiger partial charge on any atom is 0.251 e. The summed E-state index contributed by atoms with van der Waals surface area (Å²) < 4.78 is 32.7. The number of likely N-dealkylation sites (tertiary alicyclic amines) is 1. The Morgan fingerprint density at radius 2 is 1.90 bits per heavy atom. The van der Waals surface area contributed by atoms with Crippen molar-refractivity contribution in [1.82, 2.24) is 14.5 Å². The van der Waals surface area contributed by atoms with Gasteiger partial charge in [-0.25, -0.2) is 8.42 Å². The van der Waals surface area contributed by atoms with Crippen LogP contribution in [0.2, 0.25) is 0 Å². The third-order valence-corrected chi connectivity index (χ3v) is 7.75. The molecule has 0 saturated carbocycles. The average Bonchev–Trinajstić information content (AvgIpc) is 3.44. The number of carbonyl (C=O) groups excluding carboxylic acids is 1. The maximum atomic E-state index is 13.0. The molecule has 0 aliphatic carbocycles. The van der Waals surface area contributed by atoms with Crippen molar-refractivity contribution in [3.05, 3.63) is 53.5 Å². The molecule has 1 aromatic heterocycles. The Balaban J connectivity index is 1.79. The third-order valence-electron chi connectivity index (χ3n) is 5.71. The quantitative estimate of drug-likeness (QED) is 0.657. The predicted molar refractivity (Wildman–Crippen MR) is 116 cm³/mol. The minimum absolute atomic E-state index is 0.0330. The number of aryl methyl sites for hydroxylation is 1. The molecule has 0 spiro atoms. The first-order valence-electron chi connectivity index (χ1n) is 10.5. The molecule has 2 heterocycles. The Morgan fingerprint density at radius 3 is 2.50 bits per heavy atom. The van der Waals surface area contributed by atoms with Crippen LogP contribution in [0.4, 0.5) is 0 Å². The fraction of sp³-hybridized carbons (Fsp3) is 0.500. The highest BCUT2D eigenvalue weighted by Crippen LogP contribution is 2.25. The second kappa shape index (κ2) is 9.76. The van der Waals surface area contributed by atoms with E-state index >= 15 is 0 Å². The molecule has 1 atom stereocenters. The number of hydrogen-bond donors (Lipinski definition) is 1. The van der Waals surface area contributed by atoms with Crippen LogP contribution >= 0.6 is 0 Å². The first-order valence-corrected chi connectivity index (χ1v) is 12.0. The molecule has 1 saturated heterocycles. The number of amides is 1. The van der Waals surface area contributed by atoms with E-state index in [2.05, 4.69) is 10.2 Å². The Bertz CT molecular complexity index is 947. The molecule has 1 aromatic carbocycles. The van der Waals surface area contributed by atoms with Crippen LogP contribution in [-0.4, -0.2) is 56.3 Å². The van der Waals surface area contributed by atoms with Gasteiger partial charge in [0.1, 0.15) is 5.76 Å². The molecule has 1 unspecified atom stereocenters. The first-order chi connectivity index (χ1) is 14.4. The zero-order valence-electron chi connectivity index (χ0n) is 17.9. The zero-order chi connectivity index (χ0) is 21.7. The monoisotopic (exact) mass is 433 g/mol. The summed E-state index contributed by atoms with van der Waals surface area (Å²) in [4.78, 5) is 15.4. The SMILES string of the molecule is CCN(CC)S(=O)(=O)c1ccc(C)c(C(=O)NCC(c2ccco2)N2CCCC2)c1. The van der Waals surface area contributed by atoms with Gasteiger partial charge in [0.25, 0.3) is 5.91 Å².